The fourth-order valence-corrected chi connectivity index (χ4v) is 1.99. The number of carboxylic acids is 1. The molecule has 0 aromatic heterocycles. The Balaban J connectivity index is 2.70. The Morgan fingerprint density at radius 1 is 1.61 bits per heavy atom. The number of terminal acetylenes is 1. The van der Waals surface area contributed by atoms with Crippen LogP contribution in [0.4, 0.5) is 0 Å². The van der Waals surface area contributed by atoms with Crippen LogP contribution in [-0.2, 0) is 14.4 Å². The molecule has 1 unspecified atom stereocenters. The SMILES string of the molecule is C#CCN(CC(=O)O)C(=O)C1CC(=O)N(CC)C1. The summed E-state index contributed by atoms with van der Waals surface area (Å²) >= 11 is 0. The quantitative estimate of drug-likeness (QED) is 0.663. The Morgan fingerprint density at radius 2 is 2.28 bits per heavy atom. The number of carbonyl (C=O) groups excluding carboxylic acids is 2. The average Bonchev–Trinajstić information content (AvgIpc) is 2.68. The summed E-state index contributed by atoms with van der Waals surface area (Å²) in [5.41, 5.74) is 0. The predicted octanol–water partition coefficient (Wildman–Crippen LogP) is -0.599. The molecule has 98 valence electrons. The molecule has 1 fully saturated rings. The summed E-state index contributed by atoms with van der Waals surface area (Å²) in [6, 6.07) is 0. The number of nitrogens with zero attached hydrogens (tertiary/aromatic N) is 2. The van der Waals surface area contributed by atoms with Crippen molar-refractivity contribution >= 4 is 17.8 Å². The minimum atomic E-state index is -1.12. The summed E-state index contributed by atoms with van der Waals surface area (Å²) in [6.07, 6.45) is 5.24. The summed E-state index contributed by atoms with van der Waals surface area (Å²) in [5, 5.41) is 8.71. The molecule has 1 rings (SSSR count). The maximum atomic E-state index is 12.1. The number of amides is 2. The van der Waals surface area contributed by atoms with E-state index in [1.807, 2.05) is 6.92 Å². The van der Waals surface area contributed by atoms with Gasteiger partial charge in [-0.15, -0.1) is 6.42 Å². The first-order valence-electron chi connectivity index (χ1n) is 5.71. The lowest BCUT2D eigenvalue weighted by Gasteiger charge is -2.21. The Morgan fingerprint density at radius 3 is 2.72 bits per heavy atom. The van der Waals surface area contributed by atoms with Crippen molar-refractivity contribution in [2.75, 3.05) is 26.2 Å². The maximum Gasteiger partial charge on any atom is 0.323 e. The van der Waals surface area contributed by atoms with Crippen LogP contribution in [0.15, 0.2) is 0 Å². The van der Waals surface area contributed by atoms with Crippen molar-refractivity contribution in [3.05, 3.63) is 0 Å². The lowest BCUT2D eigenvalue weighted by atomic mass is 10.1. The van der Waals surface area contributed by atoms with Crippen LogP contribution >= 0.6 is 0 Å². The smallest absolute Gasteiger partial charge is 0.323 e. The number of carboxylic acid groups (broad SMARTS) is 1. The molecule has 1 heterocycles. The van der Waals surface area contributed by atoms with Crippen molar-refractivity contribution in [3.63, 3.8) is 0 Å². The van der Waals surface area contributed by atoms with Crippen molar-refractivity contribution in [2.24, 2.45) is 5.92 Å². The van der Waals surface area contributed by atoms with Crippen LogP contribution in [-0.4, -0.2) is 58.9 Å². The van der Waals surface area contributed by atoms with Crippen LogP contribution in [0.1, 0.15) is 13.3 Å². The van der Waals surface area contributed by atoms with Crippen LogP contribution < -0.4 is 0 Å². The first-order chi connectivity index (χ1) is 8.49. The molecule has 0 aliphatic carbocycles. The summed E-state index contributed by atoms with van der Waals surface area (Å²) in [7, 11) is 0. The molecule has 6 nitrogen and oxygen atoms in total. The molecule has 0 bridgehead atoms. The molecule has 2 amide bonds. The van der Waals surface area contributed by atoms with Crippen molar-refractivity contribution in [1.29, 1.82) is 0 Å². The zero-order valence-electron chi connectivity index (χ0n) is 10.3. The molecule has 0 spiro atoms. The first kappa shape index (κ1) is 14.0. The van der Waals surface area contributed by atoms with E-state index in [-0.39, 0.29) is 24.8 Å². The number of hydrogen-bond donors (Lipinski definition) is 1. The lowest BCUT2D eigenvalue weighted by Crippen LogP contribution is -2.40. The van der Waals surface area contributed by atoms with Crippen LogP contribution in [0.2, 0.25) is 0 Å². The average molecular weight is 252 g/mol. The van der Waals surface area contributed by atoms with Crippen LogP contribution in [0.3, 0.4) is 0 Å². The van der Waals surface area contributed by atoms with Crippen LogP contribution in [0.5, 0.6) is 0 Å². The minimum Gasteiger partial charge on any atom is -0.480 e. The van der Waals surface area contributed by atoms with E-state index >= 15 is 0 Å². The molecule has 18 heavy (non-hydrogen) atoms. The predicted molar refractivity (Wildman–Crippen MR) is 63.4 cm³/mol. The second-order valence-electron chi connectivity index (χ2n) is 4.13. The van der Waals surface area contributed by atoms with Gasteiger partial charge in [-0.2, -0.15) is 0 Å². The number of aliphatic carboxylic acids is 1. The van der Waals surface area contributed by atoms with E-state index in [2.05, 4.69) is 5.92 Å². The van der Waals surface area contributed by atoms with Gasteiger partial charge in [0.2, 0.25) is 11.8 Å². The van der Waals surface area contributed by atoms with E-state index in [4.69, 9.17) is 11.5 Å². The molecular weight excluding hydrogens is 236 g/mol. The molecule has 0 radical (unpaired) electrons. The van der Waals surface area contributed by atoms with E-state index < -0.39 is 18.4 Å². The van der Waals surface area contributed by atoms with Gasteiger partial charge < -0.3 is 14.9 Å². The summed E-state index contributed by atoms with van der Waals surface area (Å²) < 4.78 is 0. The molecule has 1 N–H and O–H groups in total. The number of hydrogen-bond acceptors (Lipinski definition) is 3. The Labute approximate surface area is 106 Å². The van der Waals surface area contributed by atoms with Gasteiger partial charge in [0.1, 0.15) is 6.54 Å². The highest BCUT2D eigenvalue weighted by atomic mass is 16.4. The third-order valence-corrected chi connectivity index (χ3v) is 2.87. The topological polar surface area (TPSA) is 77.9 Å². The highest BCUT2D eigenvalue weighted by molar-refractivity contribution is 5.90. The van der Waals surface area contributed by atoms with Gasteiger partial charge in [-0.3, -0.25) is 14.4 Å². The second-order valence-corrected chi connectivity index (χ2v) is 4.13. The van der Waals surface area contributed by atoms with Crippen LogP contribution in [0, 0.1) is 18.3 Å². The standard InChI is InChI=1S/C12H16N2O4/c1-3-5-14(8-11(16)17)12(18)9-6-10(15)13(4-2)7-9/h1,9H,4-8H2,2H3,(H,16,17). The molecule has 1 atom stereocenters. The normalized spacial score (nSPS) is 18.6. The fraction of sp³-hybridized carbons (Fsp3) is 0.583. The van der Waals surface area contributed by atoms with Crippen molar-refractivity contribution in [1.82, 2.24) is 9.80 Å². The van der Waals surface area contributed by atoms with Gasteiger partial charge in [0.15, 0.2) is 0 Å². The maximum absolute atomic E-state index is 12.1. The van der Waals surface area contributed by atoms with Gasteiger partial charge in [0.25, 0.3) is 0 Å². The third kappa shape index (κ3) is 3.23. The van der Waals surface area contributed by atoms with Gasteiger partial charge in [-0.25, -0.2) is 0 Å². The Hall–Kier alpha value is -2.03. The summed E-state index contributed by atoms with van der Waals surface area (Å²) in [5.74, 6) is 0.222. The second kappa shape index (κ2) is 6.05. The number of likely N-dealkylation sites (tertiary alicyclic amines) is 1. The molecule has 6 heteroatoms. The summed E-state index contributed by atoms with van der Waals surface area (Å²) in [6.45, 7) is 2.24. The molecule has 0 saturated carbocycles. The highest BCUT2D eigenvalue weighted by Gasteiger charge is 2.35. The van der Waals surface area contributed by atoms with E-state index in [1.165, 1.54) is 0 Å². The van der Waals surface area contributed by atoms with Crippen molar-refractivity contribution < 1.29 is 19.5 Å². The van der Waals surface area contributed by atoms with Gasteiger partial charge in [-0.05, 0) is 6.92 Å². The molecule has 1 aliphatic rings. The highest BCUT2D eigenvalue weighted by Crippen LogP contribution is 2.19. The zero-order chi connectivity index (χ0) is 13.7. The molecule has 1 aliphatic heterocycles. The number of rotatable bonds is 5. The Kier molecular flexibility index (Phi) is 4.72. The van der Waals surface area contributed by atoms with E-state index in [0.717, 1.165) is 4.90 Å². The lowest BCUT2D eigenvalue weighted by molar-refractivity contribution is -0.145. The van der Waals surface area contributed by atoms with Gasteiger partial charge in [0.05, 0.1) is 12.5 Å². The number of carbonyl (C=O) groups is 3. The molecule has 0 aromatic rings. The molecule has 1 saturated heterocycles. The fourth-order valence-electron chi connectivity index (χ4n) is 1.99. The largest absolute Gasteiger partial charge is 0.480 e. The van der Waals surface area contributed by atoms with Gasteiger partial charge >= 0.3 is 5.97 Å². The molecular formula is C12H16N2O4. The van der Waals surface area contributed by atoms with E-state index in [9.17, 15) is 14.4 Å². The van der Waals surface area contributed by atoms with Crippen molar-refractivity contribution in [2.45, 2.75) is 13.3 Å². The minimum absolute atomic E-state index is 0.0536. The summed E-state index contributed by atoms with van der Waals surface area (Å²) in [4.78, 5) is 36.9. The van der Waals surface area contributed by atoms with Gasteiger partial charge in [-0.1, -0.05) is 5.92 Å². The van der Waals surface area contributed by atoms with E-state index in [0.29, 0.717) is 13.1 Å². The first-order valence-corrected chi connectivity index (χ1v) is 5.71. The van der Waals surface area contributed by atoms with Crippen molar-refractivity contribution in [3.8, 4) is 12.3 Å². The zero-order valence-corrected chi connectivity index (χ0v) is 10.3. The third-order valence-electron chi connectivity index (χ3n) is 2.87. The van der Waals surface area contributed by atoms with Crippen LogP contribution in [0.25, 0.3) is 0 Å². The Bertz CT molecular complexity index is 399. The molecule has 0 aromatic carbocycles. The van der Waals surface area contributed by atoms with E-state index in [1.54, 1.807) is 4.90 Å². The monoisotopic (exact) mass is 252 g/mol. The van der Waals surface area contributed by atoms with Gasteiger partial charge in [0, 0.05) is 19.5 Å².